The molecule has 7 heteroatoms. The number of sulfonamides is 1. The van der Waals surface area contributed by atoms with Gasteiger partial charge in [0.15, 0.2) is 0 Å². The van der Waals surface area contributed by atoms with E-state index in [1.807, 2.05) is 36.4 Å². The van der Waals surface area contributed by atoms with Crippen LogP contribution in [0.5, 0.6) is 0 Å². The number of nitrogens with zero attached hydrogens (tertiary/aromatic N) is 3. The van der Waals surface area contributed by atoms with Crippen molar-refractivity contribution in [3.63, 3.8) is 0 Å². The summed E-state index contributed by atoms with van der Waals surface area (Å²) < 4.78 is 28.2. The molecule has 0 aliphatic carbocycles. The minimum absolute atomic E-state index is 0.148. The van der Waals surface area contributed by atoms with Crippen molar-refractivity contribution >= 4 is 21.6 Å². The molecule has 1 amide bonds. The second-order valence-corrected chi connectivity index (χ2v) is 10.8. The molecule has 32 heavy (non-hydrogen) atoms. The number of hydrogen-bond acceptors (Lipinski definition) is 4. The molecule has 0 spiro atoms. The van der Waals surface area contributed by atoms with Crippen LogP contribution in [0.15, 0.2) is 53.4 Å². The van der Waals surface area contributed by atoms with Crippen molar-refractivity contribution in [1.82, 2.24) is 9.21 Å². The molecule has 0 aromatic heterocycles. The molecule has 0 atom stereocenters. The van der Waals surface area contributed by atoms with E-state index in [2.05, 4.69) is 4.90 Å². The number of amides is 1. The summed E-state index contributed by atoms with van der Waals surface area (Å²) in [6.07, 6.45) is 6.19. The highest BCUT2D eigenvalue weighted by Crippen LogP contribution is 2.30. The predicted octanol–water partition coefficient (Wildman–Crippen LogP) is 4.12. The lowest BCUT2D eigenvalue weighted by molar-refractivity contribution is 0.0785. The highest BCUT2D eigenvalue weighted by molar-refractivity contribution is 7.89. The number of carbonyl (C=O) groups is 1. The number of benzene rings is 2. The van der Waals surface area contributed by atoms with Gasteiger partial charge in [-0.05, 0) is 55.9 Å². The van der Waals surface area contributed by atoms with Gasteiger partial charge in [0.25, 0.3) is 5.91 Å². The van der Waals surface area contributed by atoms with E-state index in [-0.39, 0.29) is 10.8 Å². The first-order valence-electron chi connectivity index (χ1n) is 11.7. The van der Waals surface area contributed by atoms with Crippen LogP contribution >= 0.6 is 0 Å². The Balaban J connectivity index is 1.68. The summed E-state index contributed by atoms with van der Waals surface area (Å²) in [6.45, 7) is 3.35. The van der Waals surface area contributed by atoms with Crippen LogP contribution in [0, 0.1) is 0 Å². The van der Waals surface area contributed by atoms with Crippen molar-refractivity contribution in [2.24, 2.45) is 0 Å². The summed E-state index contributed by atoms with van der Waals surface area (Å²) in [6, 6.07) is 15.0. The molecule has 172 valence electrons. The molecule has 4 rings (SSSR count). The Morgan fingerprint density at radius 2 is 1.50 bits per heavy atom. The Morgan fingerprint density at radius 1 is 0.875 bits per heavy atom. The zero-order valence-corrected chi connectivity index (χ0v) is 19.7. The standard InChI is InChI=1S/C25H33N3O3S/c1-26(20-21-11-5-2-6-12-21)25(29)23-19-22(32(30,31)28-17-9-4-10-18-28)13-14-24(23)27-15-7-3-8-16-27/h2,5-6,11-14,19H,3-4,7-10,15-18,20H2,1H3. The molecule has 0 radical (unpaired) electrons. The van der Waals surface area contributed by atoms with Gasteiger partial charge in [-0.1, -0.05) is 36.8 Å². The second-order valence-electron chi connectivity index (χ2n) is 8.84. The minimum atomic E-state index is -3.61. The van der Waals surface area contributed by atoms with E-state index in [0.717, 1.165) is 56.4 Å². The normalized spacial score (nSPS) is 17.8. The molecule has 6 nitrogen and oxygen atoms in total. The maximum absolute atomic E-state index is 13.6. The molecule has 0 saturated carbocycles. The van der Waals surface area contributed by atoms with Crippen LogP contribution in [0.1, 0.15) is 54.4 Å². The number of carbonyl (C=O) groups excluding carboxylic acids is 1. The van der Waals surface area contributed by atoms with Crippen molar-refractivity contribution in [2.75, 3.05) is 38.1 Å². The van der Waals surface area contributed by atoms with E-state index in [1.165, 1.54) is 6.42 Å². The van der Waals surface area contributed by atoms with Crippen molar-refractivity contribution < 1.29 is 13.2 Å². The topological polar surface area (TPSA) is 60.9 Å². The molecule has 2 aromatic rings. The van der Waals surface area contributed by atoms with Gasteiger partial charge in [-0.2, -0.15) is 4.31 Å². The second kappa shape index (κ2) is 10.0. The van der Waals surface area contributed by atoms with Crippen LogP contribution in [-0.4, -0.2) is 56.8 Å². The van der Waals surface area contributed by atoms with Gasteiger partial charge >= 0.3 is 0 Å². The fourth-order valence-electron chi connectivity index (χ4n) is 4.65. The molecule has 2 aromatic carbocycles. The van der Waals surface area contributed by atoms with E-state index < -0.39 is 10.0 Å². The van der Waals surface area contributed by atoms with Gasteiger partial charge in [0.2, 0.25) is 10.0 Å². The fourth-order valence-corrected chi connectivity index (χ4v) is 6.19. The van der Waals surface area contributed by atoms with Crippen molar-refractivity contribution in [3.05, 3.63) is 59.7 Å². The molecule has 2 heterocycles. The first kappa shape index (κ1) is 22.8. The fraction of sp³-hybridized carbons (Fsp3) is 0.480. The molecule has 0 unspecified atom stereocenters. The summed E-state index contributed by atoms with van der Waals surface area (Å²) in [5.74, 6) is -0.148. The van der Waals surface area contributed by atoms with Crippen molar-refractivity contribution in [1.29, 1.82) is 0 Å². The van der Waals surface area contributed by atoms with Crippen molar-refractivity contribution in [2.45, 2.75) is 50.0 Å². The smallest absolute Gasteiger partial charge is 0.256 e. The van der Waals surface area contributed by atoms with Crippen LogP contribution in [0.25, 0.3) is 0 Å². The Labute approximate surface area is 191 Å². The van der Waals surface area contributed by atoms with E-state index in [4.69, 9.17) is 0 Å². The number of rotatable bonds is 6. The van der Waals surface area contributed by atoms with Crippen LogP contribution in [0.4, 0.5) is 5.69 Å². The van der Waals surface area contributed by atoms with E-state index in [9.17, 15) is 13.2 Å². The first-order chi connectivity index (χ1) is 15.5. The predicted molar refractivity (Wildman–Crippen MR) is 127 cm³/mol. The Bertz CT molecular complexity index is 1030. The molecule has 2 aliphatic rings. The summed E-state index contributed by atoms with van der Waals surface area (Å²) in [4.78, 5) is 17.7. The molecule has 2 aliphatic heterocycles. The third kappa shape index (κ3) is 4.99. The highest BCUT2D eigenvalue weighted by Gasteiger charge is 2.29. The van der Waals surface area contributed by atoms with Crippen molar-refractivity contribution in [3.8, 4) is 0 Å². The lowest BCUT2D eigenvalue weighted by atomic mass is 10.1. The van der Waals surface area contributed by atoms with E-state index in [0.29, 0.717) is 25.2 Å². The van der Waals surface area contributed by atoms with Gasteiger partial charge in [0.1, 0.15) is 0 Å². The lowest BCUT2D eigenvalue weighted by Gasteiger charge is -2.32. The first-order valence-corrected chi connectivity index (χ1v) is 13.1. The minimum Gasteiger partial charge on any atom is -0.371 e. The molecular formula is C25H33N3O3S. The molecule has 0 bridgehead atoms. The lowest BCUT2D eigenvalue weighted by Crippen LogP contribution is -2.36. The molecule has 2 fully saturated rings. The highest BCUT2D eigenvalue weighted by atomic mass is 32.2. The van der Waals surface area contributed by atoms with Crippen LogP contribution in [0.2, 0.25) is 0 Å². The third-order valence-corrected chi connectivity index (χ3v) is 8.35. The number of anilines is 1. The average molecular weight is 456 g/mol. The zero-order chi connectivity index (χ0) is 22.6. The van der Waals surface area contributed by atoms with Gasteiger partial charge in [-0.15, -0.1) is 0 Å². The van der Waals surface area contributed by atoms with Gasteiger partial charge < -0.3 is 9.80 Å². The molecule has 0 N–H and O–H groups in total. The van der Waals surface area contributed by atoms with Crippen LogP contribution in [0.3, 0.4) is 0 Å². The maximum atomic E-state index is 13.6. The molecule has 2 saturated heterocycles. The van der Waals surface area contributed by atoms with Gasteiger partial charge in [0, 0.05) is 45.5 Å². The summed E-state index contributed by atoms with van der Waals surface area (Å²) >= 11 is 0. The number of hydrogen-bond donors (Lipinski definition) is 0. The third-order valence-electron chi connectivity index (χ3n) is 6.46. The average Bonchev–Trinajstić information content (AvgIpc) is 2.85. The zero-order valence-electron chi connectivity index (χ0n) is 18.9. The van der Waals surface area contributed by atoms with Gasteiger partial charge in [0.05, 0.1) is 10.5 Å². The Hall–Kier alpha value is -2.38. The molecular weight excluding hydrogens is 422 g/mol. The summed E-state index contributed by atoms with van der Waals surface area (Å²) in [5.41, 5.74) is 2.36. The Morgan fingerprint density at radius 3 is 2.16 bits per heavy atom. The summed E-state index contributed by atoms with van der Waals surface area (Å²) in [7, 11) is -1.83. The van der Waals surface area contributed by atoms with Crippen LogP contribution < -0.4 is 4.90 Å². The maximum Gasteiger partial charge on any atom is 0.256 e. The van der Waals surface area contributed by atoms with Crippen LogP contribution in [-0.2, 0) is 16.6 Å². The quantitative estimate of drug-likeness (QED) is 0.657. The van der Waals surface area contributed by atoms with Gasteiger partial charge in [-0.25, -0.2) is 8.42 Å². The SMILES string of the molecule is CN(Cc1ccccc1)C(=O)c1cc(S(=O)(=O)N2CCCCC2)ccc1N1CCCCC1. The van der Waals surface area contributed by atoms with E-state index >= 15 is 0 Å². The van der Waals surface area contributed by atoms with E-state index in [1.54, 1.807) is 28.4 Å². The largest absolute Gasteiger partial charge is 0.371 e. The number of piperidine rings is 2. The van der Waals surface area contributed by atoms with Gasteiger partial charge in [-0.3, -0.25) is 4.79 Å². The summed E-state index contributed by atoms with van der Waals surface area (Å²) in [5, 5.41) is 0. The monoisotopic (exact) mass is 455 g/mol. The Kier molecular flexibility index (Phi) is 7.16.